The number of nitrogens with zero attached hydrogens (tertiary/aromatic N) is 4. The van der Waals surface area contributed by atoms with E-state index in [0.29, 0.717) is 19.6 Å². The Balaban J connectivity index is 1.42. The molecule has 0 saturated carbocycles. The standard InChI is InChI=1S/C27H36N4O3S/c1-18-17-30(25(32)34-26(2,3)4)15-16-31(18)22-20-12-14-27(33-23(20)29-24(28-22)35-5)13-8-10-19-9-6-7-11-21(19)27/h6-7,9,11,18H,8,10,12-17H2,1-5H3/t18-,27?/m0/s1. The number of carbonyl (C=O) groups excluding carboxylic acids is 1. The molecule has 1 aromatic heterocycles. The average molecular weight is 497 g/mol. The summed E-state index contributed by atoms with van der Waals surface area (Å²) in [6.45, 7) is 9.75. The molecule has 3 heterocycles. The van der Waals surface area contributed by atoms with E-state index < -0.39 is 5.60 Å². The lowest BCUT2D eigenvalue weighted by Gasteiger charge is -2.44. The molecule has 2 atom stereocenters. The van der Waals surface area contributed by atoms with Crippen LogP contribution in [0.1, 0.15) is 63.6 Å². The fraction of sp³-hybridized carbons (Fsp3) is 0.593. The van der Waals surface area contributed by atoms with Gasteiger partial charge in [0.2, 0.25) is 5.88 Å². The van der Waals surface area contributed by atoms with Crippen LogP contribution >= 0.6 is 11.8 Å². The Morgan fingerprint density at radius 1 is 1.17 bits per heavy atom. The minimum atomic E-state index is -0.499. The van der Waals surface area contributed by atoms with Crippen LogP contribution in [0.25, 0.3) is 0 Å². The van der Waals surface area contributed by atoms with Crippen LogP contribution in [0.15, 0.2) is 29.4 Å². The van der Waals surface area contributed by atoms with Gasteiger partial charge in [0, 0.05) is 25.7 Å². The maximum Gasteiger partial charge on any atom is 0.410 e. The van der Waals surface area contributed by atoms with Crippen molar-refractivity contribution < 1.29 is 14.3 Å². The highest BCUT2D eigenvalue weighted by atomic mass is 32.2. The summed E-state index contributed by atoms with van der Waals surface area (Å²) >= 11 is 1.54. The molecule has 1 spiro atoms. The minimum absolute atomic E-state index is 0.108. The van der Waals surface area contributed by atoms with E-state index in [-0.39, 0.29) is 17.7 Å². The topological polar surface area (TPSA) is 67.8 Å². The van der Waals surface area contributed by atoms with Gasteiger partial charge in [0.25, 0.3) is 0 Å². The highest BCUT2D eigenvalue weighted by Gasteiger charge is 2.44. The molecule has 7 nitrogen and oxygen atoms in total. The maximum atomic E-state index is 12.6. The van der Waals surface area contributed by atoms with Crippen LogP contribution in [0.2, 0.25) is 0 Å². The number of aryl methyl sites for hydroxylation is 1. The Bertz CT molecular complexity index is 1120. The number of aromatic nitrogens is 2. The number of carbonyl (C=O) groups is 1. The van der Waals surface area contributed by atoms with Gasteiger partial charge >= 0.3 is 6.09 Å². The van der Waals surface area contributed by atoms with Gasteiger partial charge in [-0.3, -0.25) is 0 Å². The molecule has 1 aliphatic carbocycles. The van der Waals surface area contributed by atoms with Gasteiger partial charge in [0.1, 0.15) is 17.0 Å². The van der Waals surface area contributed by atoms with Crippen LogP contribution in [0.5, 0.6) is 5.88 Å². The van der Waals surface area contributed by atoms with Crippen molar-refractivity contribution in [3.63, 3.8) is 0 Å². The SMILES string of the molecule is CSc1nc2c(c(N3CCN(C(=O)OC(C)(C)C)C[C@@H]3C)n1)CCC1(CCCc3ccccc31)O2. The zero-order valence-corrected chi connectivity index (χ0v) is 22.3. The normalized spacial score (nSPS) is 24.0. The Kier molecular flexibility index (Phi) is 6.36. The summed E-state index contributed by atoms with van der Waals surface area (Å²) in [6, 6.07) is 8.82. The molecule has 188 valence electrons. The number of benzene rings is 1. The molecule has 0 radical (unpaired) electrons. The molecule has 3 aliphatic rings. The van der Waals surface area contributed by atoms with Gasteiger partial charge in [-0.2, -0.15) is 4.98 Å². The van der Waals surface area contributed by atoms with E-state index in [1.807, 2.05) is 27.0 Å². The van der Waals surface area contributed by atoms with Gasteiger partial charge in [-0.05, 0) is 77.2 Å². The van der Waals surface area contributed by atoms with E-state index in [0.717, 1.165) is 54.5 Å². The summed E-state index contributed by atoms with van der Waals surface area (Å²) in [5.41, 5.74) is 3.01. The molecule has 0 bridgehead atoms. The number of hydrogen-bond acceptors (Lipinski definition) is 7. The fourth-order valence-corrected chi connectivity index (χ4v) is 5.99. The largest absolute Gasteiger partial charge is 0.466 e. The zero-order chi connectivity index (χ0) is 24.8. The summed E-state index contributed by atoms with van der Waals surface area (Å²) in [5.74, 6) is 1.68. The quantitative estimate of drug-likeness (QED) is 0.418. The summed E-state index contributed by atoms with van der Waals surface area (Å²) in [5, 5.41) is 0.724. The molecule has 2 aromatic rings. The lowest BCUT2D eigenvalue weighted by Crippen LogP contribution is -2.55. The molecule has 35 heavy (non-hydrogen) atoms. The number of rotatable bonds is 2. The number of hydrogen-bond donors (Lipinski definition) is 0. The van der Waals surface area contributed by atoms with Crippen LogP contribution in [0, 0.1) is 0 Å². The lowest BCUT2D eigenvalue weighted by atomic mass is 9.75. The summed E-state index contributed by atoms with van der Waals surface area (Å²) in [6.07, 6.45) is 6.82. The van der Waals surface area contributed by atoms with Gasteiger partial charge in [0.05, 0.1) is 5.56 Å². The number of anilines is 1. The molecule has 0 N–H and O–H groups in total. The summed E-state index contributed by atoms with van der Waals surface area (Å²) < 4.78 is 12.4. The molecular weight excluding hydrogens is 460 g/mol. The van der Waals surface area contributed by atoms with Crippen LogP contribution in [0.3, 0.4) is 0 Å². The van der Waals surface area contributed by atoms with Crippen molar-refractivity contribution >= 4 is 23.7 Å². The third-order valence-corrected chi connectivity index (χ3v) is 7.81. The van der Waals surface area contributed by atoms with Gasteiger partial charge < -0.3 is 19.3 Å². The van der Waals surface area contributed by atoms with Crippen LogP contribution in [-0.2, 0) is 23.2 Å². The van der Waals surface area contributed by atoms with Crippen LogP contribution < -0.4 is 9.64 Å². The molecule has 1 aromatic carbocycles. The predicted octanol–water partition coefficient (Wildman–Crippen LogP) is 5.20. The summed E-state index contributed by atoms with van der Waals surface area (Å²) in [7, 11) is 0. The Hall–Kier alpha value is -2.48. The van der Waals surface area contributed by atoms with Crippen LogP contribution in [-0.4, -0.2) is 58.5 Å². The number of amides is 1. The molecule has 1 amide bonds. The maximum absolute atomic E-state index is 12.6. The van der Waals surface area contributed by atoms with Crippen molar-refractivity contribution in [3.05, 3.63) is 41.0 Å². The number of ether oxygens (including phenoxy) is 2. The second-order valence-electron chi connectivity index (χ2n) is 10.9. The Labute approximate surface area is 212 Å². The highest BCUT2D eigenvalue weighted by molar-refractivity contribution is 7.98. The van der Waals surface area contributed by atoms with Gasteiger partial charge in [0.15, 0.2) is 5.16 Å². The lowest BCUT2D eigenvalue weighted by molar-refractivity contribution is 0.0182. The molecule has 1 saturated heterocycles. The first-order chi connectivity index (χ1) is 16.7. The van der Waals surface area contributed by atoms with E-state index in [9.17, 15) is 4.79 Å². The Morgan fingerprint density at radius 2 is 1.97 bits per heavy atom. The van der Waals surface area contributed by atoms with Crippen molar-refractivity contribution in [3.8, 4) is 5.88 Å². The molecular formula is C27H36N4O3S. The first-order valence-corrected chi connectivity index (χ1v) is 13.9. The second-order valence-corrected chi connectivity index (χ2v) is 11.7. The Morgan fingerprint density at radius 3 is 2.71 bits per heavy atom. The van der Waals surface area contributed by atoms with Crippen molar-refractivity contribution in [1.82, 2.24) is 14.9 Å². The molecule has 8 heteroatoms. The number of thioether (sulfide) groups is 1. The van der Waals surface area contributed by atoms with E-state index >= 15 is 0 Å². The number of fused-ring (bicyclic) bond motifs is 3. The zero-order valence-electron chi connectivity index (χ0n) is 21.5. The van der Waals surface area contributed by atoms with Gasteiger partial charge in [-0.1, -0.05) is 36.0 Å². The summed E-state index contributed by atoms with van der Waals surface area (Å²) in [4.78, 5) is 26.6. The third-order valence-electron chi connectivity index (χ3n) is 7.27. The van der Waals surface area contributed by atoms with Crippen molar-refractivity contribution in [2.24, 2.45) is 0 Å². The second kappa shape index (κ2) is 9.19. The van der Waals surface area contributed by atoms with E-state index in [2.05, 4.69) is 36.1 Å². The van der Waals surface area contributed by atoms with E-state index in [4.69, 9.17) is 19.4 Å². The molecule has 1 unspecified atom stereocenters. The van der Waals surface area contributed by atoms with E-state index in [1.54, 1.807) is 16.7 Å². The van der Waals surface area contributed by atoms with Gasteiger partial charge in [-0.25, -0.2) is 9.78 Å². The smallest absolute Gasteiger partial charge is 0.410 e. The van der Waals surface area contributed by atoms with Crippen LogP contribution in [0.4, 0.5) is 10.6 Å². The number of piperazine rings is 1. The van der Waals surface area contributed by atoms with Crippen molar-refractivity contribution in [2.75, 3.05) is 30.8 Å². The van der Waals surface area contributed by atoms with Crippen molar-refractivity contribution in [1.29, 1.82) is 0 Å². The van der Waals surface area contributed by atoms with E-state index in [1.165, 1.54) is 11.1 Å². The third kappa shape index (κ3) is 4.69. The average Bonchev–Trinajstić information content (AvgIpc) is 2.82. The van der Waals surface area contributed by atoms with Gasteiger partial charge in [-0.15, -0.1) is 0 Å². The minimum Gasteiger partial charge on any atom is -0.466 e. The monoisotopic (exact) mass is 496 g/mol. The molecule has 5 rings (SSSR count). The first kappa shape index (κ1) is 24.2. The highest BCUT2D eigenvalue weighted by Crippen LogP contribution is 2.48. The predicted molar refractivity (Wildman–Crippen MR) is 138 cm³/mol. The molecule has 1 fully saturated rings. The first-order valence-electron chi connectivity index (χ1n) is 12.7. The fourth-order valence-electron chi connectivity index (χ4n) is 5.64. The molecule has 2 aliphatic heterocycles. The van der Waals surface area contributed by atoms with Crippen molar-refractivity contribution in [2.45, 2.75) is 82.2 Å².